The molecule has 0 aromatic heterocycles. The number of benzene rings is 1. The minimum atomic E-state index is -0.464. The zero-order valence-corrected chi connectivity index (χ0v) is 12.0. The van der Waals surface area contributed by atoms with Gasteiger partial charge in [-0.3, -0.25) is 4.79 Å². The molecule has 0 bridgehead atoms. The summed E-state index contributed by atoms with van der Waals surface area (Å²) in [4.78, 5) is 15.5. The van der Waals surface area contributed by atoms with Crippen LogP contribution in [-0.4, -0.2) is 24.2 Å². The number of nitrogens with two attached hydrogens (primary N) is 1. The highest BCUT2D eigenvalue weighted by atomic mass is 32.2. The van der Waals surface area contributed by atoms with Gasteiger partial charge in [-0.1, -0.05) is 32.9 Å². The van der Waals surface area contributed by atoms with Gasteiger partial charge in [0.05, 0.1) is 11.7 Å². The standard InChI is InChI=1S/C14H20N2OS/c1-14(2,3)12(15)13(17)16-8-9-18-11-7-5-4-6-10(11)16/h4-7,12H,8-9,15H2,1-3H3. The molecule has 0 saturated heterocycles. The van der Waals surface area contributed by atoms with E-state index in [0.717, 1.165) is 18.0 Å². The van der Waals surface area contributed by atoms with Gasteiger partial charge >= 0.3 is 0 Å². The van der Waals surface area contributed by atoms with Crippen LogP contribution < -0.4 is 10.6 Å². The van der Waals surface area contributed by atoms with Crippen molar-refractivity contribution in [3.63, 3.8) is 0 Å². The van der Waals surface area contributed by atoms with E-state index in [4.69, 9.17) is 5.73 Å². The normalized spacial score (nSPS) is 17.2. The molecule has 1 aromatic carbocycles. The first-order valence-corrected chi connectivity index (χ1v) is 7.18. The van der Waals surface area contributed by atoms with Gasteiger partial charge in [-0.2, -0.15) is 0 Å². The van der Waals surface area contributed by atoms with Crippen molar-refractivity contribution < 1.29 is 4.79 Å². The lowest BCUT2D eigenvalue weighted by molar-refractivity contribution is -0.121. The quantitative estimate of drug-likeness (QED) is 0.847. The van der Waals surface area contributed by atoms with E-state index in [2.05, 4.69) is 6.07 Å². The fourth-order valence-corrected chi connectivity index (χ4v) is 2.93. The van der Waals surface area contributed by atoms with Crippen LogP contribution in [0.5, 0.6) is 0 Å². The third-order valence-electron chi connectivity index (χ3n) is 3.19. The molecular formula is C14H20N2OS. The first-order valence-electron chi connectivity index (χ1n) is 6.20. The van der Waals surface area contributed by atoms with E-state index in [1.807, 2.05) is 43.9 Å². The number of hydrogen-bond donors (Lipinski definition) is 1. The van der Waals surface area contributed by atoms with Crippen LogP contribution >= 0.6 is 11.8 Å². The molecule has 2 N–H and O–H groups in total. The number of carbonyl (C=O) groups excluding carboxylic acids is 1. The van der Waals surface area contributed by atoms with Gasteiger partial charge in [0.2, 0.25) is 5.91 Å². The first-order chi connectivity index (χ1) is 8.41. The van der Waals surface area contributed by atoms with E-state index in [0.29, 0.717) is 0 Å². The van der Waals surface area contributed by atoms with Crippen LogP contribution in [0.2, 0.25) is 0 Å². The molecule has 1 atom stereocenters. The highest BCUT2D eigenvalue weighted by Crippen LogP contribution is 2.35. The Labute approximate surface area is 113 Å². The Bertz CT molecular complexity index is 453. The summed E-state index contributed by atoms with van der Waals surface area (Å²) in [5.41, 5.74) is 6.87. The number of nitrogens with zero attached hydrogens (tertiary/aromatic N) is 1. The maximum atomic E-state index is 12.5. The molecule has 1 amide bonds. The number of rotatable bonds is 1. The van der Waals surface area contributed by atoms with E-state index in [1.54, 1.807) is 11.8 Å². The van der Waals surface area contributed by atoms with Crippen LogP contribution in [0.4, 0.5) is 5.69 Å². The van der Waals surface area contributed by atoms with Crippen molar-refractivity contribution in [2.45, 2.75) is 31.7 Å². The van der Waals surface area contributed by atoms with Crippen molar-refractivity contribution in [1.29, 1.82) is 0 Å². The Balaban J connectivity index is 2.28. The summed E-state index contributed by atoms with van der Waals surface area (Å²) in [5, 5.41) is 0. The molecule has 1 aliphatic heterocycles. The summed E-state index contributed by atoms with van der Waals surface area (Å²) in [6, 6.07) is 7.56. The number of amides is 1. The maximum Gasteiger partial charge on any atom is 0.244 e. The number of thioether (sulfide) groups is 1. The van der Waals surface area contributed by atoms with Crippen molar-refractivity contribution in [2.75, 3.05) is 17.2 Å². The number of carbonyl (C=O) groups is 1. The highest BCUT2D eigenvalue weighted by molar-refractivity contribution is 7.99. The third-order valence-corrected chi connectivity index (χ3v) is 4.24. The van der Waals surface area contributed by atoms with Crippen LogP contribution in [-0.2, 0) is 4.79 Å². The van der Waals surface area contributed by atoms with Crippen LogP contribution in [0, 0.1) is 5.41 Å². The predicted octanol–water partition coefficient (Wildman–Crippen LogP) is 2.50. The van der Waals surface area contributed by atoms with E-state index in [1.165, 1.54) is 4.90 Å². The lowest BCUT2D eigenvalue weighted by atomic mass is 9.86. The molecule has 1 heterocycles. The average molecular weight is 264 g/mol. The number of fused-ring (bicyclic) bond motifs is 1. The van der Waals surface area contributed by atoms with Crippen molar-refractivity contribution in [2.24, 2.45) is 11.1 Å². The minimum absolute atomic E-state index is 0.0234. The molecule has 4 heteroatoms. The molecule has 1 aromatic rings. The van der Waals surface area contributed by atoms with E-state index >= 15 is 0 Å². The van der Waals surface area contributed by atoms with E-state index < -0.39 is 6.04 Å². The summed E-state index contributed by atoms with van der Waals surface area (Å²) >= 11 is 1.79. The second-order valence-corrected chi connectivity index (χ2v) is 6.79. The Morgan fingerprint density at radius 3 is 2.72 bits per heavy atom. The fraction of sp³-hybridized carbons (Fsp3) is 0.500. The number of anilines is 1. The van der Waals surface area contributed by atoms with Crippen LogP contribution in [0.3, 0.4) is 0 Å². The van der Waals surface area contributed by atoms with Gasteiger partial charge in [0.15, 0.2) is 0 Å². The first kappa shape index (κ1) is 13.4. The zero-order chi connectivity index (χ0) is 13.3. The average Bonchev–Trinajstić information content (AvgIpc) is 2.35. The molecule has 0 fully saturated rings. The summed E-state index contributed by atoms with van der Waals surface area (Å²) in [5.74, 6) is 0.954. The molecule has 0 radical (unpaired) electrons. The Morgan fingerprint density at radius 2 is 2.06 bits per heavy atom. The molecule has 98 valence electrons. The van der Waals surface area contributed by atoms with Crippen molar-refractivity contribution >= 4 is 23.4 Å². The van der Waals surface area contributed by atoms with Gasteiger partial charge < -0.3 is 10.6 Å². The van der Waals surface area contributed by atoms with Crippen molar-refractivity contribution in [1.82, 2.24) is 0 Å². The lowest BCUT2D eigenvalue weighted by Crippen LogP contribution is -2.51. The smallest absolute Gasteiger partial charge is 0.244 e. The van der Waals surface area contributed by atoms with Crippen LogP contribution in [0.15, 0.2) is 29.2 Å². The Hall–Kier alpha value is -1.00. The molecule has 18 heavy (non-hydrogen) atoms. The van der Waals surface area contributed by atoms with E-state index in [9.17, 15) is 4.79 Å². The second kappa shape index (κ2) is 4.94. The van der Waals surface area contributed by atoms with Crippen molar-refractivity contribution in [3.8, 4) is 0 Å². The Morgan fingerprint density at radius 1 is 1.39 bits per heavy atom. The third kappa shape index (κ3) is 2.54. The molecule has 2 rings (SSSR count). The Kier molecular flexibility index (Phi) is 3.69. The minimum Gasteiger partial charge on any atom is -0.319 e. The van der Waals surface area contributed by atoms with Gasteiger partial charge in [0.25, 0.3) is 0 Å². The van der Waals surface area contributed by atoms with Crippen LogP contribution in [0.1, 0.15) is 20.8 Å². The van der Waals surface area contributed by atoms with Gasteiger partial charge in [-0.05, 0) is 17.5 Å². The van der Waals surface area contributed by atoms with Gasteiger partial charge in [0, 0.05) is 17.2 Å². The monoisotopic (exact) mass is 264 g/mol. The van der Waals surface area contributed by atoms with Gasteiger partial charge in [-0.15, -0.1) is 11.8 Å². The fourth-order valence-electron chi connectivity index (χ4n) is 1.94. The highest BCUT2D eigenvalue weighted by Gasteiger charge is 2.33. The molecular weight excluding hydrogens is 244 g/mol. The molecule has 1 aliphatic rings. The molecule has 3 nitrogen and oxygen atoms in total. The SMILES string of the molecule is CC(C)(C)C(N)C(=O)N1CCSc2ccccc21. The zero-order valence-electron chi connectivity index (χ0n) is 11.1. The summed E-state index contributed by atoms with van der Waals surface area (Å²) in [6.07, 6.45) is 0. The lowest BCUT2D eigenvalue weighted by Gasteiger charge is -2.35. The summed E-state index contributed by atoms with van der Waals surface area (Å²) in [6.45, 7) is 6.74. The molecule has 0 spiro atoms. The van der Waals surface area contributed by atoms with Crippen molar-refractivity contribution in [3.05, 3.63) is 24.3 Å². The van der Waals surface area contributed by atoms with E-state index in [-0.39, 0.29) is 11.3 Å². The largest absolute Gasteiger partial charge is 0.319 e. The summed E-state index contributed by atoms with van der Waals surface area (Å²) < 4.78 is 0. The maximum absolute atomic E-state index is 12.5. The topological polar surface area (TPSA) is 46.3 Å². The molecule has 0 aliphatic carbocycles. The van der Waals surface area contributed by atoms with Gasteiger partial charge in [-0.25, -0.2) is 0 Å². The molecule has 1 unspecified atom stereocenters. The number of para-hydroxylation sites is 1. The molecule has 0 saturated carbocycles. The van der Waals surface area contributed by atoms with Crippen LogP contribution in [0.25, 0.3) is 0 Å². The summed E-state index contributed by atoms with van der Waals surface area (Å²) in [7, 11) is 0. The predicted molar refractivity (Wildman–Crippen MR) is 76.9 cm³/mol. The van der Waals surface area contributed by atoms with Gasteiger partial charge in [0.1, 0.15) is 0 Å². The second-order valence-electron chi connectivity index (χ2n) is 5.65. The number of hydrogen-bond acceptors (Lipinski definition) is 3.